The molecule has 0 radical (unpaired) electrons. The number of methoxy groups -OCH3 is 1. The quantitative estimate of drug-likeness (QED) is 0.851. The topological polar surface area (TPSA) is 44.8 Å². The minimum Gasteiger partial charge on any atom is -0.495 e. The van der Waals surface area contributed by atoms with Gasteiger partial charge in [-0.25, -0.2) is 0 Å². The van der Waals surface area contributed by atoms with Crippen LogP contribution in [0.15, 0.2) is 42.5 Å². The van der Waals surface area contributed by atoms with Gasteiger partial charge in [-0.3, -0.25) is 9.69 Å². The van der Waals surface area contributed by atoms with Gasteiger partial charge in [-0.2, -0.15) is 0 Å². The molecule has 0 spiro atoms. The fourth-order valence-electron chi connectivity index (χ4n) is 3.44. The van der Waals surface area contributed by atoms with Crippen LogP contribution in [0.1, 0.15) is 17.2 Å². The van der Waals surface area contributed by atoms with Gasteiger partial charge in [0, 0.05) is 36.8 Å². The zero-order valence-electron chi connectivity index (χ0n) is 16.0. The van der Waals surface area contributed by atoms with Crippen LogP contribution in [0.4, 0.5) is 5.69 Å². The molecule has 1 aliphatic rings. The van der Waals surface area contributed by atoms with Crippen molar-refractivity contribution in [2.75, 3.05) is 45.7 Å². The van der Waals surface area contributed by atoms with Gasteiger partial charge in [0.05, 0.1) is 19.3 Å². The van der Waals surface area contributed by atoms with E-state index in [0.29, 0.717) is 23.0 Å². The van der Waals surface area contributed by atoms with Crippen LogP contribution in [-0.4, -0.2) is 56.0 Å². The Morgan fingerprint density at radius 1 is 1.26 bits per heavy atom. The van der Waals surface area contributed by atoms with Gasteiger partial charge in [0.2, 0.25) is 5.91 Å². The number of carbonyl (C=O) groups is 1. The number of nitrogens with one attached hydrogen (secondary N) is 1. The third kappa shape index (κ3) is 4.80. The third-order valence-corrected chi connectivity index (χ3v) is 5.39. The van der Waals surface area contributed by atoms with Gasteiger partial charge in [0.1, 0.15) is 5.75 Å². The zero-order chi connectivity index (χ0) is 19.4. The summed E-state index contributed by atoms with van der Waals surface area (Å²) in [6.45, 7) is 4.93. The van der Waals surface area contributed by atoms with E-state index < -0.39 is 0 Å². The van der Waals surface area contributed by atoms with Crippen LogP contribution >= 0.6 is 11.6 Å². The predicted octanol–water partition coefficient (Wildman–Crippen LogP) is 3.58. The first-order valence-corrected chi connectivity index (χ1v) is 9.47. The summed E-state index contributed by atoms with van der Waals surface area (Å²) in [7, 11) is 3.69. The summed E-state index contributed by atoms with van der Waals surface area (Å²) in [6, 6.07) is 14.1. The number of hydrogen-bond acceptors (Lipinski definition) is 4. The lowest BCUT2D eigenvalue weighted by Gasteiger charge is -2.40. The number of anilines is 1. The average molecular weight is 388 g/mol. The predicted molar refractivity (Wildman–Crippen MR) is 110 cm³/mol. The van der Waals surface area contributed by atoms with Crippen molar-refractivity contribution in [1.29, 1.82) is 0 Å². The highest BCUT2D eigenvalue weighted by molar-refractivity contribution is 6.31. The smallest absolute Gasteiger partial charge is 0.238 e. The highest BCUT2D eigenvalue weighted by Crippen LogP contribution is 2.31. The van der Waals surface area contributed by atoms with Crippen molar-refractivity contribution in [2.24, 2.45) is 0 Å². The highest BCUT2D eigenvalue weighted by atomic mass is 35.5. The van der Waals surface area contributed by atoms with E-state index in [1.165, 1.54) is 5.56 Å². The van der Waals surface area contributed by atoms with E-state index >= 15 is 0 Å². The maximum atomic E-state index is 12.7. The molecule has 0 aromatic heterocycles. The van der Waals surface area contributed by atoms with Gasteiger partial charge >= 0.3 is 0 Å². The monoisotopic (exact) mass is 387 g/mol. The Kier molecular flexibility index (Phi) is 6.37. The Hall–Kier alpha value is -2.08. The van der Waals surface area contributed by atoms with Crippen molar-refractivity contribution in [1.82, 2.24) is 9.80 Å². The minimum atomic E-state index is -0.0551. The van der Waals surface area contributed by atoms with Crippen molar-refractivity contribution < 1.29 is 9.53 Å². The molecule has 5 nitrogen and oxygen atoms in total. The largest absolute Gasteiger partial charge is 0.495 e. The molecule has 1 N–H and O–H groups in total. The average Bonchev–Trinajstić information content (AvgIpc) is 2.66. The Morgan fingerprint density at radius 3 is 2.70 bits per heavy atom. The van der Waals surface area contributed by atoms with Gasteiger partial charge in [0.15, 0.2) is 0 Å². The molecule has 1 heterocycles. The fraction of sp³-hybridized carbons (Fsp3) is 0.381. The molecular formula is C21H26ClN3O2. The maximum absolute atomic E-state index is 12.7. The van der Waals surface area contributed by atoms with E-state index in [1.54, 1.807) is 13.2 Å². The van der Waals surface area contributed by atoms with E-state index in [1.807, 2.05) is 31.2 Å². The Bertz CT molecular complexity index is 798. The SMILES string of the molecule is COc1cc(Cl)c(C)cc1NC(=O)CN1CCN(C)CC1c1ccccc1. The van der Waals surface area contributed by atoms with Crippen LogP contribution in [0.3, 0.4) is 0 Å². The molecule has 2 aromatic rings. The summed E-state index contributed by atoms with van der Waals surface area (Å²) in [5.41, 5.74) is 2.78. The van der Waals surface area contributed by atoms with Crippen molar-refractivity contribution >= 4 is 23.2 Å². The van der Waals surface area contributed by atoms with Crippen LogP contribution in [0.25, 0.3) is 0 Å². The second-order valence-electron chi connectivity index (χ2n) is 7.01. The zero-order valence-corrected chi connectivity index (χ0v) is 16.8. The molecule has 1 atom stereocenters. The van der Waals surface area contributed by atoms with Crippen LogP contribution in [0, 0.1) is 6.92 Å². The Morgan fingerprint density at radius 2 is 2.00 bits per heavy atom. The number of nitrogens with zero attached hydrogens (tertiary/aromatic N) is 2. The lowest BCUT2D eigenvalue weighted by molar-refractivity contribution is -0.118. The van der Waals surface area contributed by atoms with E-state index in [2.05, 4.69) is 34.3 Å². The van der Waals surface area contributed by atoms with E-state index in [9.17, 15) is 4.79 Å². The third-order valence-electron chi connectivity index (χ3n) is 4.98. The first kappa shape index (κ1) is 19.7. The molecule has 1 amide bonds. The van der Waals surface area contributed by atoms with Crippen molar-refractivity contribution in [2.45, 2.75) is 13.0 Å². The first-order valence-electron chi connectivity index (χ1n) is 9.09. The summed E-state index contributed by atoms with van der Waals surface area (Å²) < 4.78 is 5.36. The Labute approximate surface area is 165 Å². The molecule has 0 bridgehead atoms. The number of carbonyl (C=O) groups excluding carboxylic acids is 1. The number of piperazine rings is 1. The standard InChI is InChI=1S/C21H26ClN3O2/c1-15-11-18(20(27-3)12-17(15)22)23-21(26)14-25-10-9-24(2)13-19(25)16-7-5-4-6-8-16/h4-8,11-12,19H,9-10,13-14H2,1-3H3,(H,23,26). The molecule has 144 valence electrons. The van der Waals surface area contributed by atoms with Gasteiger partial charge in [-0.05, 0) is 31.2 Å². The molecule has 27 heavy (non-hydrogen) atoms. The number of likely N-dealkylation sites (N-methyl/N-ethyl adjacent to an activating group) is 1. The van der Waals surface area contributed by atoms with E-state index in [4.69, 9.17) is 16.3 Å². The maximum Gasteiger partial charge on any atom is 0.238 e. The molecule has 0 saturated carbocycles. The van der Waals surface area contributed by atoms with Crippen molar-refractivity contribution in [3.63, 3.8) is 0 Å². The highest BCUT2D eigenvalue weighted by Gasteiger charge is 2.28. The molecule has 6 heteroatoms. The van der Waals surface area contributed by atoms with Gasteiger partial charge < -0.3 is 15.0 Å². The molecule has 1 unspecified atom stereocenters. The normalized spacial score (nSPS) is 18.3. The number of benzene rings is 2. The lowest BCUT2D eigenvalue weighted by Crippen LogP contribution is -2.49. The number of halogens is 1. The van der Waals surface area contributed by atoms with E-state index in [-0.39, 0.29) is 11.9 Å². The molecule has 1 fully saturated rings. The van der Waals surface area contributed by atoms with Crippen LogP contribution in [0.2, 0.25) is 5.02 Å². The summed E-state index contributed by atoms with van der Waals surface area (Å²) >= 11 is 6.15. The van der Waals surface area contributed by atoms with Crippen molar-refractivity contribution in [3.05, 3.63) is 58.6 Å². The summed E-state index contributed by atoms with van der Waals surface area (Å²) in [4.78, 5) is 17.3. The van der Waals surface area contributed by atoms with Gasteiger partial charge in [-0.15, -0.1) is 0 Å². The first-order chi connectivity index (χ1) is 13.0. The minimum absolute atomic E-state index is 0.0551. The fourth-order valence-corrected chi connectivity index (χ4v) is 3.60. The van der Waals surface area contributed by atoms with Crippen LogP contribution < -0.4 is 10.1 Å². The lowest BCUT2D eigenvalue weighted by atomic mass is 10.0. The molecule has 3 rings (SSSR count). The molecule has 0 aliphatic carbocycles. The number of ether oxygens (including phenoxy) is 1. The summed E-state index contributed by atoms with van der Waals surface area (Å²) in [5, 5.41) is 3.60. The van der Waals surface area contributed by atoms with Gasteiger partial charge in [0.25, 0.3) is 0 Å². The second-order valence-corrected chi connectivity index (χ2v) is 7.42. The van der Waals surface area contributed by atoms with Crippen LogP contribution in [-0.2, 0) is 4.79 Å². The molecule has 1 saturated heterocycles. The molecule has 2 aromatic carbocycles. The number of rotatable bonds is 5. The Balaban J connectivity index is 1.73. The number of hydrogen-bond donors (Lipinski definition) is 1. The summed E-state index contributed by atoms with van der Waals surface area (Å²) in [6.07, 6.45) is 0. The van der Waals surface area contributed by atoms with E-state index in [0.717, 1.165) is 25.2 Å². The second kappa shape index (κ2) is 8.74. The van der Waals surface area contributed by atoms with Gasteiger partial charge in [-0.1, -0.05) is 41.9 Å². The summed E-state index contributed by atoms with van der Waals surface area (Å²) in [5.74, 6) is 0.512. The molecular weight excluding hydrogens is 362 g/mol. The number of amides is 1. The van der Waals surface area contributed by atoms with Crippen LogP contribution in [0.5, 0.6) is 5.75 Å². The van der Waals surface area contributed by atoms with Crippen molar-refractivity contribution in [3.8, 4) is 5.75 Å². The molecule has 1 aliphatic heterocycles. The number of aryl methyl sites for hydroxylation is 1.